The number of phosphoric ester groups is 2. The van der Waals surface area contributed by atoms with Crippen LogP contribution in [0.15, 0.2) is 0 Å². The average molecular weight is 1230 g/mol. The third kappa shape index (κ3) is 57.6. The quantitative estimate of drug-likeness (QED) is 0.0222. The molecular weight excluding hydrogens is 1100 g/mol. The molecule has 0 heterocycles. The van der Waals surface area contributed by atoms with Crippen molar-refractivity contribution in [3.8, 4) is 0 Å². The summed E-state index contributed by atoms with van der Waals surface area (Å²) in [5, 5.41) is 10.5. The highest BCUT2D eigenvalue weighted by atomic mass is 31.2. The fourth-order valence-electron chi connectivity index (χ4n) is 9.40. The molecule has 19 heteroatoms. The van der Waals surface area contributed by atoms with Crippen molar-refractivity contribution in [2.75, 3.05) is 39.6 Å². The predicted molar refractivity (Wildman–Crippen MR) is 331 cm³/mol. The number of unbranched alkanes of at least 4 members (excludes halogenated alkanes) is 26. The normalized spacial score (nSPS) is 14.8. The summed E-state index contributed by atoms with van der Waals surface area (Å²) in [7, 11) is -9.89. The van der Waals surface area contributed by atoms with Gasteiger partial charge in [0, 0.05) is 25.7 Å². The van der Waals surface area contributed by atoms with Crippen LogP contribution in [-0.4, -0.2) is 96.7 Å². The molecule has 0 bridgehead atoms. The number of aliphatic hydroxyl groups is 1. The van der Waals surface area contributed by atoms with Crippen molar-refractivity contribution in [1.29, 1.82) is 0 Å². The van der Waals surface area contributed by atoms with Gasteiger partial charge in [-0.25, -0.2) is 9.13 Å². The summed E-state index contributed by atoms with van der Waals surface area (Å²) < 4.78 is 67.9. The lowest BCUT2D eigenvalue weighted by Gasteiger charge is -2.21. The van der Waals surface area contributed by atoms with E-state index in [1.165, 1.54) is 96.3 Å². The summed E-state index contributed by atoms with van der Waals surface area (Å²) in [6.07, 6.45) is 33.7. The van der Waals surface area contributed by atoms with Gasteiger partial charge in [0.25, 0.3) is 0 Å². The molecule has 0 spiro atoms. The maximum Gasteiger partial charge on any atom is 0.472 e. The maximum atomic E-state index is 13.0. The summed E-state index contributed by atoms with van der Waals surface area (Å²) in [6, 6.07) is 0. The SMILES string of the molecule is CCC(C)CCCCCCCCCCCCC(=O)O[C@H](COC(=O)CCCCCCCCC(C)C)COP(=O)(O)OC[C@H](O)COP(=O)(O)OC[C@@H](COC(=O)CCCCCCCCC(C)C)OC(=O)CCCCCCCCCCC(C)C. The van der Waals surface area contributed by atoms with Crippen LogP contribution in [0.3, 0.4) is 0 Å². The number of esters is 4. The first-order valence-electron chi connectivity index (χ1n) is 33.2. The molecule has 6 atom stereocenters. The van der Waals surface area contributed by atoms with Crippen LogP contribution in [0.2, 0.25) is 0 Å². The number of carbonyl (C=O) groups is 4. The second-order valence-corrected chi connectivity index (χ2v) is 27.7. The van der Waals surface area contributed by atoms with Crippen molar-refractivity contribution < 1.29 is 80.2 Å². The fraction of sp³-hybridized carbons (Fsp3) is 0.938. The highest BCUT2D eigenvalue weighted by Crippen LogP contribution is 2.45. The van der Waals surface area contributed by atoms with Gasteiger partial charge < -0.3 is 33.8 Å². The molecule has 0 aromatic rings. The van der Waals surface area contributed by atoms with Crippen molar-refractivity contribution in [2.24, 2.45) is 23.7 Å². The summed E-state index contributed by atoms with van der Waals surface area (Å²) in [5.74, 6) is 0.737. The number of carbonyl (C=O) groups excluding carboxylic acids is 4. The molecule has 0 aromatic carbocycles. The molecule has 3 unspecified atom stereocenters. The smallest absolute Gasteiger partial charge is 0.462 e. The van der Waals surface area contributed by atoms with Gasteiger partial charge >= 0.3 is 39.5 Å². The van der Waals surface area contributed by atoms with Crippen LogP contribution in [0.4, 0.5) is 0 Å². The Morgan fingerprint density at radius 1 is 0.337 bits per heavy atom. The minimum absolute atomic E-state index is 0.103. The zero-order chi connectivity index (χ0) is 61.8. The maximum absolute atomic E-state index is 13.0. The van der Waals surface area contributed by atoms with Crippen LogP contribution >= 0.6 is 15.6 Å². The Kier molecular flexibility index (Phi) is 53.0. The molecule has 0 aliphatic carbocycles. The van der Waals surface area contributed by atoms with Gasteiger partial charge in [0.05, 0.1) is 26.4 Å². The first kappa shape index (κ1) is 81.1. The molecule has 0 amide bonds. The average Bonchev–Trinajstić information content (AvgIpc) is 3.43. The van der Waals surface area contributed by atoms with Gasteiger partial charge in [0.15, 0.2) is 12.2 Å². The Hall–Kier alpha value is -1.94. The predicted octanol–water partition coefficient (Wildman–Crippen LogP) is 17.4. The molecule has 0 radical (unpaired) electrons. The molecule has 0 fully saturated rings. The van der Waals surface area contributed by atoms with Gasteiger partial charge in [-0.15, -0.1) is 0 Å². The van der Waals surface area contributed by atoms with E-state index in [1.54, 1.807) is 0 Å². The lowest BCUT2D eigenvalue weighted by atomic mass is 9.99. The molecular formula is C64H124O17P2. The molecule has 3 N–H and O–H groups in total. The van der Waals surface area contributed by atoms with Gasteiger partial charge in [0.2, 0.25) is 0 Å². The summed E-state index contributed by atoms with van der Waals surface area (Å²) in [6.45, 7) is 13.9. The summed E-state index contributed by atoms with van der Waals surface area (Å²) in [5.41, 5.74) is 0. The number of aliphatic hydroxyl groups excluding tert-OH is 1. The van der Waals surface area contributed by atoms with Crippen molar-refractivity contribution in [3.63, 3.8) is 0 Å². The molecule has 17 nitrogen and oxygen atoms in total. The van der Waals surface area contributed by atoms with Crippen molar-refractivity contribution >= 4 is 39.5 Å². The lowest BCUT2D eigenvalue weighted by Crippen LogP contribution is -2.30. The Labute approximate surface area is 505 Å². The molecule has 0 saturated carbocycles. The zero-order valence-electron chi connectivity index (χ0n) is 53.8. The van der Waals surface area contributed by atoms with E-state index in [2.05, 4.69) is 55.4 Å². The van der Waals surface area contributed by atoms with E-state index in [0.717, 1.165) is 115 Å². The van der Waals surface area contributed by atoms with Crippen LogP contribution in [0.1, 0.15) is 306 Å². The van der Waals surface area contributed by atoms with E-state index in [4.69, 9.17) is 37.0 Å². The van der Waals surface area contributed by atoms with Gasteiger partial charge in [-0.3, -0.25) is 37.3 Å². The molecule has 0 aliphatic rings. The van der Waals surface area contributed by atoms with Crippen LogP contribution in [0, 0.1) is 23.7 Å². The first-order valence-corrected chi connectivity index (χ1v) is 36.2. The van der Waals surface area contributed by atoms with Gasteiger partial charge in [-0.2, -0.15) is 0 Å². The fourth-order valence-corrected chi connectivity index (χ4v) is 11.0. The lowest BCUT2D eigenvalue weighted by molar-refractivity contribution is -0.161. The van der Waals surface area contributed by atoms with E-state index in [-0.39, 0.29) is 25.7 Å². The van der Waals surface area contributed by atoms with E-state index in [0.29, 0.717) is 37.5 Å². The second kappa shape index (κ2) is 54.2. The van der Waals surface area contributed by atoms with Crippen LogP contribution in [0.5, 0.6) is 0 Å². The number of rotatable bonds is 61. The number of hydrogen-bond donors (Lipinski definition) is 3. The summed E-state index contributed by atoms with van der Waals surface area (Å²) >= 11 is 0. The topological polar surface area (TPSA) is 237 Å². The summed E-state index contributed by atoms with van der Waals surface area (Å²) in [4.78, 5) is 72.2. The standard InChI is InChI=1S/C64H124O17P2/c1-9-57(8)43-35-27-17-12-10-11-13-18-30-38-46-63(68)80-59(50-74-61(66)44-36-28-22-20-25-33-41-55(4)5)52-78-82(70,71)76-48-58(65)49-77-83(72,73)79-53-60(51-75-62(67)45-37-29-23-21-26-34-42-56(6)7)81-64(69)47-39-31-19-15-14-16-24-32-40-54(2)3/h54-60,65H,9-53H2,1-8H3,(H,70,71)(H,72,73)/t57?,58-,59+,60+/m0/s1. The van der Waals surface area contributed by atoms with Gasteiger partial charge in [0.1, 0.15) is 19.3 Å². The number of hydrogen-bond acceptors (Lipinski definition) is 15. The van der Waals surface area contributed by atoms with E-state index >= 15 is 0 Å². The van der Waals surface area contributed by atoms with Crippen LogP contribution in [0.25, 0.3) is 0 Å². The largest absolute Gasteiger partial charge is 0.472 e. The molecule has 492 valence electrons. The third-order valence-corrected chi connectivity index (χ3v) is 16.8. The molecule has 0 aliphatic heterocycles. The van der Waals surface area contributed by atoms with Crippen molar-refractivity contribution in [2.45, 2.75) is 324 Å². The van der Waals surface area contributed by atoms with E-state index in [1.807, 2.05) is 0 Å². The first-order chi connectivity index (χ1) is 39.6. The van der Waals surface area contributed by atoms with Crippen molar-refractivity contribution in [1.82, 2.24) is 0 Å². The van der Waals surface area contributed by atoms with Crippen LogP contribution in [-0.2, 0) is 65.4 Å². The van der Waals surface area contributed by atoms with Gasteiger partial charge in [-0.1, -0.05) is 254 Å². The Morgan fingerprint density at radius 2 is 0.578 bits per heavy atom. The Bertz CT molecular complexity index is 1660. The minimum atomic E-state index is -4.95. The van der Waals surface area contributed by atoms with Crippen molar-refractivity contribution in [3.05, 3.63) is 0 Å². The molecule has 0 saturated heterocycles. The third-order valence-electron chi connectivity index (χ3n) is 14.9. The Morgan fingerprint density at radius 3 is 0.855 bits per heavy atom. The van der Waals surface area contributed by atoms with E-state index < -0.39 is 97.5 Å². The number of ether oxygens (including phenoxy) is 4. The molecule has 0 aromatic heterocycles. The number of phosphoric acid groups is 2. The molecule has 83 heavy (non-hydrogen) atoms. The highest BCUT2D eigenvalue weighted by molar-refractivity contribution is 7.47. The van der Waals surface area contributed by atoms with Crippen LogP contribution < -0.4 is 0 Å². The van der Waals surface area contributed by atoms with Gasteiger partial charge in [-0.05, 0) is 49.4 Å². The minimum Gasteiger partial charge on any atom is -0.462 e. The monoisotopic (exact) mass is 1230 g/mol. The zero-order valence-corrected chi connectivity index (χ0v) is 55.6. The Balaban J connectivity index is 5.24. The van der Waals surface area contributed by atoms with E-state index in [9.17, 15) is 43.2 Å². The second-order valence-electron chi connectivity index (χ2n) is 24.8. The highest BCUT2D eigenvalue weighted by Gasteiger charge is 2.30. The molecule has 0 rings (SSSR count).